The topological polar surface area (TPSA) is 106 Å². The van der Waals surface area contributed by atoms with Gasteiger partial charge < -0.3 is 14.8 Å². The number of nitrogens with one attached hydrogen (secondary N) is 3. The molecule has 5 aliphatic rings. The molecule has 4 fully saturated rings. The van der Waals surface area contributed by atoms with Gasteiger partial charge in [0, 0.05) is 11.0 Å². The van der Waals surface area contributed by atoms with E-state index in [2.05, 4.69) is 16.2 Å². The zero-order valence-corrected chi connectivity index (χ0v) is 18.6. The van der Waals surface area contributed by atoms with Crippen molar-refractivity contribution in [1.82, 2.24) is 16.2 Å². The number of hydrogen-bond acceptors (Lipinski definition) is 5. The van der Waals surface area contributed by atoms with Gasteiger partial charge in [0.05, 0.1) is 0 Å². The van der Waals surface area contributed by atoms with E-state index in [1.165, 1.54) is 19.3 Å². The van der Waals surface area contributed by atoms with Gasteiger partial charge >= 0.3 is 0 Å². The molecule has 0 aromatic heterocycles. The second-order valence-electron chi connectivity index (χ2n) is 10.4. The molecule has 4 saturated carbocycles. The Hall–Kier alpha value is -2.77. The third-order valence-corrected chi connectivity index (χ3v) is 7.69. The minimum Gasteiger partial charge on any atom is -0.454 e. The minimum absolute atomic E-state index is 0.00699. The highest BCUT2D eigenvalue weighted by Gasteiger charge is 2.55. The van der Waals surface area contributed by atoms with Crippen LogP contribution in [0.15, 0.2) is 18.2 Å². The lowest BCUT2D eigenvalue weighted by atomic mass is 9.49. The van der Waals surface area contributed by atoms with Gasteiger partial charge in [0.1, 0.15) is 6.04 Å². The van der Waals surface area contributed by atoms with Crippen LogP contribution in [0.25, 0.3) is 0 Å². The smallest absolute Gasteiger partial charge is 0.269 e. The number of ether oxygens (including phenoxy) is 2. The van der Waals surface area contributed by atoms with Crippen LogP contribution >= 0.6 is 0 Å². The van der Waals surface area contributed by atoms with Crippen LogP contribution in [0, 0.1) is 29.1 Å². The van der Waals surface area contributed by atoms with Crippen LogP contribution in [0.3, 0.4) is 0 Å². The monoisotopic (exact) mass is 441 g/mol. The lowest BCUT2D eigenvalue weighted by Crippen LogP contribution is -2.59. The molecule has 1 aromatic carbocycles. The SMILES string of the molecule is CC(C)[C@H](NC(=O)C12CC3CC(CC(C3)C1)C2)C(=O)NNC(=O)c1ccc2c(c1)OCO2. The van der Waals surface area contributed by atoms with Gasteiger partial charge in [0.25, 0.3) is 11.8 Å². The highest BCUT2D eigenvalue weighted by atomic mass is 16.7. The van der Waals surface area contributed by atoms with Gasteiger partial charge in [0.2, 0.25) is 12.7 Å². The molecule has 32 heavy (non-hydrogen) atoms. The second-order valence-corrected chi connectivity index (χ2v) is 10.4. The summed E-state index contributed by atoms with van der Waals surface area (Å²) in [6, 6.07) is 4.11. The highest BCUT2D eigenvalue weighted by molar-refractivity contribution is 5.97. The summed E-state index contributed by atoms with van der Waals surface area (Å²) in [6.07, 6.45) is 6.60. The van der Waals surface area contributed by atoms with Crippen molar-refractivity contribution in [3.05, 3.63) is 23.8 Å². The summed E-state index contributed by atoms with van der Waals surface area (Å²) in [4.78, 5) is 38.7. The van der Waals surface area contributed by atoms with E-state index in [0.717, 1.165) is 19.3 Å². The summed E-state index contributed by atoms with van der Waals surface area (Å²) in [5, 5.41) is 3.03. The molecule has 1 aliphatic heterocycles. The lowest BCUT2D eigenvalue weighted by molar-refractivity contribution is -0.149. The molecule has 8 nitrogen and oxygen atoms in total. The largest absolute Gasteiger partial charge is 0.454 e. The molecule has 1 aromatic rings. The van der Waals surface area contributed by atoms with Crippen molar-refractivity contribution in [1.29, 1.82) is 0 Å². The molecule has 3 amide bonds. The van der Waals surface area contributed by atoms with E-state index in [4.69, 9.17) is 9.47 Å². The first-order chi connectivity index (χ1) is 15.3. The van der Waals surface area contributed by atoms with Gasteiger partial charge in [0.15, 0.2) is 11.5 Å². The van der Waals surface area contributed by atoms with Crippen LogP contribution in [0.4, 0.5) is 0 Å². The Morgan fingerprint density at radius 2 is 1.56 bits per heavy atom. The average molecular weight is 442 g/mol. The van der Waals surface area contributed by atoms with E-state index in [0.29, 0.717) is 34.8 Å². The summed E-state index contributed by atoms with van der Waals surface area (Å²) in [5.74, 6) is 2.03. The lowest BCUT2D eigenvalue weighted by Gasteiger charge is -2.55. The fourth-order valence-corrected chi connectivity index (χ4v) is 6.52. The van der Waals surface area contributed by atoms with Crippen LogP contribution in [-0.4, -0.2) is 30.6 Å². The van der Waals surface area contributed by atoms with Crippen LogP contribution in [0.5, 0.6) is 11.5 Å². The van der Waals surface area contributed by atoms with Gasteiger partial charge in [-0.3, -0.25) is 25.2 Å². The standard InChI is InChI=1S/C24H31N3O5/c1-13(2)20(25-23(30)24-9-14-5-15(10-24)7-16(6-14)11-24)22(29)27-26-21(28)17-3-4-18-19(8-17)32-12-31-18/h3-4,8,13-16,20H,5-7,9-12H2,1-2H3,(H,25,30)(H,26,28)(H,27,29)/t14?,15?,16?,20-,24?/m0/s1. The van der Waals surface area contributed by atoms with Crippen molar-refractivity contribution >= 4 is 17.7 Å². The molecule has 4 bridgehead atoms. The maximum absolute atomic E-state index is 13.4. The van der Waals surface area contributed by atoms with Gasteiger partial charge in [-0.15, -0.1) is 0 Å². The van der Waals surface area contributed by atoms with Crippen molar-refractivity contribution in [3.63, 3.8) is 0 Å². The molecule has 0 unspecified atom stereocenters. The fourth-order valence-electron chi connectivity index (χ4n) is 6.52. The first-order valence-electron chi connectivity index (χ1n) is 11.6. The Bertz CT molecular complexity index is 908. The minimum atomic E-state index is -0.715. The average Bonchev–Trinajstić information content (AvgIpc) is 3.22. The maximum Gasteiger partial charge on any atom is 0.269 e. The Morgan fingerprint density at radius 3 is 2.19 bits per heavy atom. The number of amides is 3. The van der Waals surface area contributed by atoms with Crippen molar-refractivity contribution in [2.24, 2.45) is 29.1 Å². The Labute approximate surface area is 187 Å². The van der Waals surface area contributed by atoms with Gasteiger partial charge in [-0.2, -0.15) is 0 Å². The molecule has 1 atom stereocenters. The molecular weight excluding hydrogens is 410 g/mol. The van der Waals surface area contributed by atoms with Gasteiger partial charge in [-0.05, 0) is 80.4 Å². The van der Waals surface area contributed by atoms with Crippen molar-refractivity contribution in [2.75, 3.05) is 6.79 Å². The quantitative estimate of drug-likeness (QED) is 0.609. The van der Waals surface area contributed by atoms with Crippen molar-refractivity contribution in [3.8, 4) is 11.5 Å². The summed E-state index contributed by atoms with van der Waals surface area (Å²) in [5.41, 5.74) is 4.95. The van der Waals surface area contributed by atoms with E-state index in [-0.39, 0.29) is 24.0 Å². The number of hydrazine groups is 1. The zero-order valence-electron chi connectivity index (χ0n) is 18.6. The zero-order chi connectivity index (χ0) is 22.5. The Morgan fingerprint density at radius 1 is 0.938 bits per heavy atom. The molecule has 0 radical (unpaired) electrons. The normalized spacial score (nSPS) is 30.2. The molecule has 0 saturated heterocycles. The fraction of sp³-hybridized carbons (Fsp3) is 0.625. The third kappa shape index (κ3) is 3.80. The van der Waals surface area contributed by atoms with Crippen LogP contribution < -0.4 is 25.6 Å². The summed E-state index contributed by atoms with van der Waals surface area (Å²) < 4.78 is 10.5. The van der Waals surface area contributed by atoms with E-state index in [9.17, 15) is 14.4 Å². The number of benzene rings is 1. The Balaban J connectivity index is 1.21. The number of carbonyl (C=O) groups is 3. The summed E-state index contributed by atoms with van der Waals surface area (Å²) in [7, 11) is 0. The highest BCUT2D eigenvalue weighted by Crippen LogP contribution is 2.60. The van der Waals surface area contributed by atoms with Gasteiger partial charge in [-0.1, -0.05) is 13.8 Å². The van der Waals surface area contributed by atoms with E-state index in [1.54, 1.807) is 18.2 Å². The Kier molecular flexibility index (Phi) is 5.26. The molecule has 4 aliphatic carbocycles. The summed E-state index contributed by atoms with van der Waals surface area (Å²) in [6.45, 7) is 3.91. The first kappa shape index (κ1) is 21.1. The van der Waals surface area contributed by atoms with Crippen LogP contribution in [-0.2, 0) is 9.59 Å². The number of fused-ring (bicyclic) bond motifs is 1. The van der Waals surface area contributed by atoms with E-state index in [1.807, 2.05) is 13.8 Å². The third-order valence-electron chi connectivity index (χ3n) is 7.69. The molecule has 0 spiro atoms. The summed E-state index contributed by atoms with van der Waals surface area (Å²) >= 11 is 0. The number of carbonyl (C=O) groups excluding carboxylic acids is 3. The van der Waals surface area contributed by atoms with Crippen LogP contribution in [0.2, 0.25) is 0 Å². The van der Waals surface area contributed by atoms with E-state index < -0.39 is 17.9 Å². The predicted octanol–water partition coefficient (Wildman–Crippen LogP) is 2.53. The van der Waals surface area contributed by atoms with Gasteiger partial charge in [-0.25, -0.2) is 0 Å². The molecule has 1 heterocycles. The van der Waals surface area contributed by atoms with Crippen molar-refractivity contribution < 1.29 is 23.9 Å². The van der Waals surface area contributed by atoms with Crippen LogP contribution in [0.1, 0.15) is 62.7 Å². The molecule has 3 N–H and O–H groups in total. The molecular formula is C24H31N3O5. The number of rotatable bonds is 5. The van der Waals surface area contributed by atoms with Crippen molar-refractivity contribution in [2.45, 2.75) is 58.4 Å². The first-order valence-corrected chi connectivity index (χ1v) is 11.6. The molecule has 8 heteroatoms. The number of hydrogen-bond donors (Lipinski definition) is 3. The molecule has 6 rings (SSSR count). The second kappa shape index (κ2) is 7.98. The maximum atomic E-state index is 13.4. The predicted molar refractivity (Wildman–Crippen MR) is 116 cm³/mol. The van der Waals surface area contributed by atoms with E-state index >= 15 is 0 Å². The molecule has 172 valence electrons.